The topological polar surface area (TPSA) is 6.48 Å². The fraction of sp³-hybridized carbons (Fsp3) is 0. The van der Waals surface area contributed by atoms with Crippen LogP contribution in [0.5, 0.6) is 0 Å². The molecule has 0 amide bonds. The van der Waals surface area contributed by atoms with E-state index >= 15 is 0 Å². The molecule has 0 spiro atoms. The van der Waals surface area contributed by atoms with Gasteiger partial charge in [0.2, 0.25) is 0 Å². The lowest BCUT2D eigenvalue weighted by molar-refractivity contribution is 1.26. The molecule has 8 aromatic carbocycles. The third kappa shape index (κ3) is 5.31. The number of rotatable bonds is 7. The Balaban J connectivity index is 1.38. The molecule has 0 radical (unpaired) electrons. The molecule has 0 saturated heterocycles. The average Bonchev–Trinajstić information content (AvgIpc) is 3.56. The molecule has 0 N–H and O–H groups in total. The number of fused-ring (bicyclic) bond motifs is 5. The molecule has 2 nitrogen and oxygen atoms in total. The smallest absolute Gasteiger partial charge is 0.0661 e. The predicted octanol–water partition coefficient (Wildman–Crippen LogP) is 13.8. The Morgan fingerprint density at radius 3 is 1.53 bits per heavy atom. The molecule has 0 fully saturated rings. The summed E-state index contributed by atoms with van der Waals surface area (Å²) < 4.78 is 2.56. The van der Waals surface area contributed by atoms with Crippen molar-refractivity contribution in [2.45, 2.75) is 0 Å². The summed E-state index contributed by atoms with van der Waals surface area (Å²) in [6, 6.07) is 69.8. The van der Waals surface area contributed by atoms with Gasteiger partial charge in [-0.15, -0.1) is 11.3 Å². The van der Waals surface area contributed by atoms with Gasteiger partial charge in [-0.05, 0) is 82.6 Å². The summed E-state index contributed by atoms with van der Waals surface area (Å²) in [5.41, 5.74) is 9.08. The highest BCUT2D eigenvalue weighted by Crippen LogP contribution is 2.50. The normalized spacial score (nSPS) is 11.3. The molecule has 3 heteroatoms. The maximum Gasteiger partial charge on any atom is 0.0661 e. The van der Waals surface area contributed by atoms with Crippen LogP contribution in [0.2, 0.25) is 0 Å². The highest BCUT2D eigenvalue weighted by Gasteiger charge is 2.23. The van der Waals surface area contributed by atoms with Crippen molar-refractivity contribution in [2.24, 2.45) is 0 Å². The van der Waals surface area contributed by atoms with E-state index in [1.807, 2.05) is 11.3 Å². The molecule has 232 valence electrons. The molecule has 0 bridgehead atoms. The quantitative estimate of drug-likeness (QED) is 0.170. The zero-order valence-corrected chi connectivity index (χ0v) is 27.6. The number of nitrogens with zero attached hydrogens (tertiary/aromatic N) is 2. The maximum absolute atomic E-state index is 2.43. The first-order chi connectivity index (χ1) is 24.3. The van der Waals surface area contributed by atoms with Crippen molar-refractivity contribution in [2.75, 3.05) is 9.80 Å². The fourth-order valence-electron chi connectivity index (χ4n) is 6.93. The first kappa shape index (κ1) is 29.0. The number of thiophene rings is 1. The lowest BCUT2D eigenvalue weighted by atomic mass is 10.0. The summed E-state index contributed by atoms with van der Waals surface area (Å²) >= 11 is 1.89. The molecule has 9 rings (SSSR count). The molecule has 0 saturated carbocycles. The minimum absolute atomic E-state index is 1.10. The average molecular weight is 645 g/mol. The summed E-state index contributed by atoms with van der Waals surface area (Å²) in [5, 5.41) is 5.06. The number of anilines is 6. The van der Waals surface area contributed by atoms with E-state index in [1.165, 1.54) is 42.1 Å². The number of hydrogen-bond acceptors (Lipinski definition) is 3. The molecule has 0 aliphatic heterocycles. The molecule has 0 aliphatic carbocycles. The van der Waals surface area contributed by atoms with Crippen LogP contribution in [0.15, 0.2) is 194 Å². The molecule has 1 heterocycles. The van der Waals surface area contributed by atoms with Gasteiger partial charge in [-0.25, -0.2) is 0 Å². The third-order valence-corrected chi connectivity index (χ3v) is 10.5. The molecule has 9 aromatic rings. The van der Waals surface area contributed by atoms with Crippen molar-refractivity contribution < 1.29 is 0 Å². The molecular weight excluding hydrogens is 613 g/mol. The van der Waals surface area contributed by atoms with Crippen LogP contribution >= 0.6 is 11.3 Å². The van der Waals surface area contributed by atoms with Crippen molar-refractivity contribution in [3.63, 3.8) is 0 Å². The van der Waals surface area contributed by atoms with Crippen LogP contribution in [-0.4, -0.2) is 0 Å². The Kier molecular flexibility index (Phi) is 7.38. The minimum Gasteiger partial charge on any atom is -0.310 e. The van der Waals surface area contributed by atoms with Crippen LogP contribution in [0.1, 0.15) is 0 Å². The van der Waals surface area contributed by atoms with Gasteiger partial charge in [0.05, 0.1) is 10.4 Å². The van der Waals surface area contributed by atoms with Gasteiger partial charge in [0.15, 0.2) is 0 Å². The zero-order chi connectivity index (χ0) is 32.6. The summed E-state index contributed by atoms with van der Waals surface area (Å²) in [5.74, 6) is 0. The van der Waals surface area contributed by atoms with Gasteiger partial charge >= 0.3 is 0 Å². The fourth-order valence-corrected chi connectivity index (χ4v) is 8.25. The molecule has 0 unspecified atom stereocenters. The Morgan fingerprint density at radius 2 is 0.857 bits per heavy atom. The first-order valence-corrected chi connectivity index (χ1v) is 17.4. The second kappa shape index (κ2) is 12.5. The van der Waals surface area contributed by atoms with Crippen LogP contribution in [0, 0.1) is 0 Å². The number of benzene rings is 8. The zero-order valence-electron chi connectivity index (χ0n) is 26.8. The Hall–Kier alpha value is -6.16. The summed E-state index contributed by atoms with van der Waals surface area (Å²) in [6.07, 6.45) is 0. The Bertz CT molecular complexity index is 2500. The van der Waals surface area contributed by atoms with Crippen molar-refractivity contribution >= 4 is 76.4 Å². The van der Waals surface area contributed by atoms with Crippen LogP contribution in [0.3, 0.4) is 0 Å². The van der Waals surface area contributed by atoms with Crippen molar-refractivity contribution in [1.29, 1.82) is 0 Å². The second-order valence-corrected chi connectivity index (χ2v) is 13.2. The Morgan fingerprint density at radius 1 is 0.306 bits per heavy atom. The lowest BCUT2D eigenvalue weighted by Crippen LogP contribution is -2.13. The van der Waals surface area contributed by atoms with E-state index in [4.69, 9.17) is 0 Å². The minimum atomic E-state index is 1.10. The van der Waals surface area contributed by atoms with Gasteiger partial charge < -0.3 is 9.80 Å². The molecule has 0 atom stereocenters. The van der Waals surface area contributed by atoms with Gasteiger partial charge in [-0.3, -0.25) is 0 Å². The van der Waals surface area contributed by atoms with Gasteiger partial charge in [-0.2, -0.15) is 0 Å². The van der Waals surface area contributed by atoms with E-state index in [2.05, 4.69) is 204 Å². The summed E-state index contributed by atoms with van der Waals surface area (Å²) in [7, 11) is 0. The van der Waals surface area contributed by atoms with Gasteiger partial charge in [-0.1, -0.05) is 133 Å². The molecular formula is C46H32N2S. The molecule has 0 aliphatic rings. The van der Waals surface area contributed by atoms with Gasteiger partial charge in [0, 0.05) is 43.9 Å². The highest BCUT2D eigenvalue weighted by molar-refractivity contribution is 7.27. The van der Waals surface area contributed by atoms with Gasteiger partial charge in [0.1, 0.15) is 0 Å². The second-order valence-electron chi connectivity index (χ2n) is 12.2. The monoisotopic (exact) mass is 644 g/mol. The van der Waals surface area contributed by atoms with E-state index < -0.39 is 0 Å². The SMILES string of the molecule is c1ccc(-c2cccc(N(c3ccccc3)c3cc(N(c4ccccc4)c4ccccc4)cc4c3sc3c5ccccc5ccc43)c2)cc1. The maximum atomic E-state index is 2.43. The first-order valence-electron chi connectivity index (χ1n) is 16.6. The van der Waals surface area contributed by atoms with E-state index in [0.29, 0.717) is 0 Å². The van der Waals surface area contributed by atoms with E-state index in [1.54, 1.807) is 0 Å². The predicted molar refractivity (Wildman–Crippen MR) is 212 cm³/mol. The van der Waals surface area contributed by atoms with E-state index in [-0.39, 0.29) is 0 Å². The molecule has 49 heavy (non-hydrogen) atoms. The Labute approximate surface area is 290 Å². The van der Waals surface area contributed by atoms with Crippen LogP contribution in [0.25, 0.3) is 42.1 Å². The van der Waals surface area contributed by atoms with E-state index in [0.717, 1.165) is 34.1 Å². The standard InChI is InChI=1S/C46H32N2S/c1-5-16-33(17-6-1)35-19-15-26-39(30-35)48(38-24-11-4-12-25-38)44-32-40(47(36-20-7-2-8-21-36)37-22-9-3-10-23-37)31-43-42-29-28-34-18-13-14-27-41(34)45(42)49-46(43)44/h1-32H. The van der Waals surface area contributed by atoms with Crippen molar-refractivity contribution in [3.8, 4) is 11.1 Å². The van der Waals surface area contributed by atoms with Crippen molar-refractivity contribution in [1.82, 2.24) is 0 Å². The number of para-hydroxylation sites is 3. The summed E-state index contributed by atoms with van der Waals surface area (Å²) in [4.78, 5) is 4.81. The highest BCUT2D eigenvalue weighted by atomic mass is 32.1. The number of hydrogen-bond donors (Lipinski definition) is 0. The van der Waals surface area contributed by atoms with Crippen LogP contribution in [0.4, 0.5) is 34.1 Å². The third-order valence-electron chi connectivity index (χ3n) is 9.18. The van der Waals surface area contributed by atoms with Crippen LogP contribution < -0.4 is 9.80 Å². The van der Waals surface area contributed by atoms with Crippen LogP contribution in [-0.2, 0) is 0 Å². The summed E-state index contributed by atoms with van der Waals surface area (Å²) in [6.45, 7) is 0. The lowest BCUT2D eigenvalue weighted by Gasteiger charge is -2.30. The van der Waals surface area contributed by atoms with Gasteiger partial charge in [0.25, 0.3) is 0 Å². The van der Waals surface area contributed by atoms with E-state index in [9.17, 15) is 0 Å². The largest absolute Gasteiger partial charge is 0.310 e. The molecule has 1 aromatic heterocycles. The van der Waals surface area contributed by atoms with Crippen molar-refractivity contribution in [3.05, 3.63) is 194 Å².